The molecule has 0 aromatic heterocycles. The van der Waals surface area contributed by atoms with Gasteiger partial charge < -0.3 is 30.1 Å². The number of aliphatic carboxylic acids is 1. The van der Waals surface area contributed by atoms with Crippen LogP contribution in [0.1, 0.15) is 60.8 Å². The molecule has 2 bridgehead atoms. The molecular formula is C39H42F3N3O6. The van der Waals surface area contributed by atoms with Gasteiger partial charge in [0.2, 0.25) is 11.7 Å². The van der Waals surface area contributed by atoms with Crippen molar-refractivity contribution in [3.05, 3.63) is 106 Å². The molecule has 1 saturated carbocycles. The Hall–Kier alpha value is -4.68. The van der Waals surface area contributed by atoms with Crippen LogP contribution in [0.5, 0.6) is 5.75 Å². The van der Waals surface area contributed by atoms with E-state index in [1.807, 2.05) is 60.4 Å². The second-order valence-electron chi connectivity index (χ2n) is 13.7. The maximum absolute atomic E-state index is 14.7. The number of hydrogen-bond acceptors (Lipinski definition) is 6. The average Bonchev–Trinajstić information content (AvgIpc) is 3.94. The van der Waals surface area contributed by atoms with Gasteiger partial charge in [-0.1, -0.05) is 48.5 Å². The van der Waals surface area contributed by atoms with Gasteiger partial charge in [-0.3, -0.25) is 14.4 Å². The summed E-state index contributed by atoms with van der Waals surface area (Å²) in [6, 6.07) is 16.8. The van der Waals surface area contributed by atoms with Gasteiger partial charge in [0.05, 0.1) is 31.6 Å². The zero-order valence-corrected chi connectivity index (χ0v) is 28.4. The molecule has 2 heterocycles. The third-order valence-corrected chi connectivity index (χ3v) is 9.82. The summed E-state index contributed by atoms with van der Waals surface area (Å²) in [6.07, 6.45) is 1.10. The molecule has 3 aromatic rings. The number of aliphatic hydroxyl groups excluding tert-OH is 1. The smallest absolute Gasteiger partial charge is 0.305 e. The van der Waals surface area contributed by atoms with Crippen LogP contribution in [0, 0.1) is 24.4 Å². The van der Waals surface area contributed by atoms with E-state index in [2.05, 4.69) is 5.32 Å². The number of rotatable bonds is 14. The molecule has 2 fully saturated rings. The van der Waals surface area contributed by atoms with Gasteiger partial charge in [0.1, 0.15) is 0 Å². The molecule has 1 saturated heterocycles. The summed E-state index contributed by atoms with van der Waals surface area (Å²) in [5.41, 5.74) is 5.46. The monoisotopic (exact) mass is 705 g/mol. The molecule has 3 aromatic carbocycles. The number of carbonyl (C=O) groups excluding carboxylic acids is 2. The Morgan fingerprint density at radius 2 is 1.71 bits per heavy atom. The van der Waals surface area contributed by atoms with E-state index >= 15 is 0 Å². The highest BCUT2D eigenvalue weighted by atomic mass is 19.2. The quantitative estimate of drug-likeness (QED) is 0.157. The Labute approximate surface area is 294 Å². The van der Waals surface area contributed by atoms with E-state index in [9.17, 15) is 32.7 Å². The number of nitrogens with zero attached hydrogens (tertiary/aromatic N) is 2. The molecule has 3 N–H and O–H groups in total. The third-order valence-electron chi connectivity index (χ3n) is 9.82. The van der Waals surface area contributed by atoms with Crippen LogP contribution in [0.4, 0.5) is 13.2 Å². The highest BCUT2D eigenvalue weighted by Crippen LogP contribution is 2.38. The second kappa shape index (κ2) is 15.7. The molecule has 12 heteroatoms. The maximum atomic E-state index is 14.7. The molecule has 2 aliphatic heterocycles. The number of fused-ring (bicyclic) bond motifs is 2. The average molecular weight is 706 g/mol. The number of aryl methyl sites for hydroxylation is 2. The van der Waals surface area contributed by atoms with Gasteiger partial charge in [-0.25, -0.2) is 8.78 Å². The molecule has 270 valence electrons. The maximum Gasteiger partial charge on any atom is 0.305 e. The fraction of sp³-hybridized carbons (Fsp3) is 0.410. The number of piperazine rings is 1. The lowest BCUT2D eigenvalue weighted by atomic mass is 9.82. The van der Waals surface area contributed by atoms with Crippen LogP contribution in [-0.4, -0.2) is 81.7 Å². The summed E-state index contributed by atoms with van der Waals surface area (Å²) in [5, 5.41) is 22.8. The molecule has 6 rings (SSSR count). The second-order valence-corrected chi connectivity index (χ2v) is 13.7. The van der Waals surface area contributed by atoms with Crippen LogP contribution in [0.15, 0.2) is 66.2 Å². The van der Waals surface area contributed by atoms with E-state index in [0.717, 1.165) is 46.7 Å². The van der Waals surface area contributed by atoms with Crippen molar-refractivity contribution >= 4 is 23.4 Å². The Bertz CT molecular complexity index is 1810. The van der Waals surface area contributed by atoms with Gasteiger partial charge in [0.25, 0.3) is 5.91 Å². The topological polar surface area (TPSA) is 119 Å². The third kappa shape index (κ3) is 8.62. The van der Waals surface area contributed by atoms with Crippen molar-refractivity contribution in [3.63, 3.8) is 0 Å². The number of nitrogens with one attached hydrogen (secondary N) is 1. The van der Waals surface area contributed by atoms with Crippen LogP contribution >= 0.6 is 0 Å². The summed E-state index contributed by atoms with van der Waals surface area (Å²) < 4.78 is 46.6. The predicted molar refractivity (Wildman–Crippen MR) is 183 cm³/mol. The minimum absolute atomic E-state index is 0.0156. The molecule has 3 aliphatic rings. The van der Waals surface area contributed by atoms with Gasteiger partial charge in [0, 0.05) is 37.3 Å². The zero-order valence-electron chi connectivity index (χ0n) is 28.4. The fourth-order valence-electron chi connectivity index (χ4n) is 7.02. The van der Waals surface area contributed by atoms with E-state index in [0.29, 0.717) is 44.0 Å². The van der Waals surface area contributed by atoms with Crippen molar-refractivity contribution in [1.82, 2.24) is 15.1 Å². The van der Waals surface area contributed by atoms with Gasteiger partial charge in [-0.15, -0.1) is 0 Å². The Morgan fingerprint density at radius 3 is 2.41 bits per heavy atom. The number of halogens is 3. The summed E-state index contributed by atoms with van der Waals surface area (Å²) in [4.78, 5) is 42.6. The highest BCUT2D eigenvalue weighted by molar-refractivity contribution is 6.03. The zero-order chi connectivity index (χ0) is 36.2. The number of aliphatic hydroxyl groups is 1. The predicted octanol–water partition coefficient (Wildman–Crippen LogP) is 5.17. The molecular weight excluding hydrogens is 663 g/mol. The number of ether oxygens (including phenoxy) is 1. The summed E-state index contributed by atoms with van der Waals surface area (Å²) in [7, 11) is 0. The van der Waals surface area contributed by atoms with Crippen molar-refractivity contribution in [2.45, 2.75) is 82.6 Å². The van der Waals surface area contributed by atoms with Gasteiger partial charge in [-0.2, -0.15) is 4.39 Å². The molecule has 0 unspecified atom stereocenters. The lowest BCUT2D eigenvalue weighted by Gasteiger charge is -2.45. The number of amides is 2. The number of carboxylic acid groups (broad SMARTS) is 1. The van der Waals surface area contributed by atoms with E-state index in [4.69, 9.17) is 9.84 Å². The fourth-order valence-corrected chi connectivity index (χ4v) is 7.02. The first-order valence-corrected chi connectivity index (χ1v) is 17.4. The summed E-state index contributed by atoms with van der Waals surface area (Å²) in [5.74, 6) is -5.87. The van der Waals surface area contributed by atoms with Crippen LogP contribution in [-0.2, 0) is 27.3 Å². The number of benzene rings is 3. The first kappa shape index (κ1) is 36.1. The van der Waals surface area contributed by atoms with Gasteiger partial charge >= 0.3 is 5.97 Å². The molecule has 51 heavy (non-hydrogen) atoms. The highest BCUT2D eigenvalue weighted by Gasteiger charge is 2.43. The van der Waals surface area contributed by atoms with Crippen molar-refractivity contribution in [3.8, 4) is 5.75 Å². The number of hydrogen-bond donors (Lipinski definition) is 3. The van der Waals surface area contributed by atoms with E-state index in [1.165, 1.54) is 0 Å². The lowest BCUT2D eigenvalue weighted by molar-refractivity contribution is -0.141. The lowest BCUT2D eigenvalue weighted by Crippen LogP contribution is -2.62. The van der Waals surface area contributed by atoms with E-state index in [-0.39, 0.29) is 43.5 Å². The van der Waals surface area contributed by atoms with Crippen LogP contribution in [0.3, 0.4) is 0 Å². The minimum atomic E-state index is -1.35. The Morgan fingerprint density at radius 1 is 0.980 bits per heavy atom. The van der Waals surface area contributed by atoms with Crippen LogP contribution in [0.25, 0.3) is 5.57 Å². The van der Waals surface area contributed by atoms with Gasteiger partial charge in [-0.05, 0) is 79.0 Å². The standard InChI is InChI=1S/C39H42F3N3O6/c1-23-5-2-3-7-26(23)20-45(28-12-13-28)39(50)36-30(17-27-21-44(22-33(36)43-27)34(47)18-29(46)19-35(48)49)25-10-8-24(9-11-25)6-4-16-51-38-32(41)15-14-31(40)37(38)42/h2-3,5,7-11,14-15,27-29,33,43,46H,4,6,12-13,16-22H2,1H3,(H,48,49)/t27-,29-,33-/m1/s1. The summed E-state index contributed by atoms with van der Waals surface area (Å²) >= 11 is 0. The number of carbonyl (C=O) groups is 3. The first-order chi connectivity index (χ1) is 24.5. The summed E-state index contributed by atoms with van der Waals surface area (Å²) in [6.45, 7) is 3.01. The van der Waals surface area contributed by atoms with Crippen LogP contribution < -0.4 is 10.1 Å². The largest absolute Gasteiger partial charge is 0.488 e. The van der Waals surface area contributed by atoms with E-state index in [1.54, 1.807) is 4.90 Å². The molecule has 0 spiro atoms. The molecule has 0 radical (unpaired) electrons. The molecule has 1 aliphatic carbocycles. The first-order valence-electron chi connectivity index (χ1n) is 17.4. The van der Waals surface area contributed by atoms with Crippen molar-refractivity contribution in [1.29, 1.82) is 0 Å². The van der Waals surface area contributed by atoms with E-state index < -0.39 is 47.7 Å². The minimum Gasteiger partial charge on any atom is -0.488 e. The molecule has 3 atom stereocenters. The van der Waals surface area contributed by atoms with Crippen LogP contribution in [0.2, 0.25) is 0 Å². The normalized spacial score (nSPS) is 19.1. The molecule has 2 amide bonds. The van der Waals surface area contributed by atoms with Crippen molar-refractivity contribution < 1.29 is 42.5 Å². The number of carboxylic acids is 1. The SMILES string of the molecule is Cc1ccccc1CN(C(=O)C1=C(c2ccc(CCCOc3c(F)ccc(F)c3F)cc2)C[C@@H]2CN(C(=O)C[C@@H](O)CC(=O)O)C[C@H]1N2)C1CC1. The van der Waals surface area contributed by atoms with Crippen molar-refractivity contribution in [2.24, 2.45) is 0 Å². The Kier molecular flexibility index (Phi) is 11.1. The van der Waals surface area contributed by atoms with Crippen molar-refractivity contribution in [2.75, 3.05) is 19.7 Å². The van der Waals surface area contributed by atoms with Gasteiger partial charge in [0.15, 0.2) is 17.4 Å². The molecule has 9 nitrogen and oxygen atoms in total. The Balaban J connectivity index is 1.23.